The van der Waals surface area contributed by atoms with E-state index in [1.165, 1.54) is 23.1 Å². The van der Waals surface area contributed by atoms with Gasteiger partial charge >= 0.3 is 5.76 Å². The predicted molar refractivity (Wildman–Crippen MR) is 107 cm³/mol. The summed E-state index contributed by atoms with van der Waals surface area (Å²) in [6.45, 7) is 7.27. The third-order valence-corrected chi connectivity index (χ3v) is 5.58. The molecule has 3 heterocycles. The second kappa shape index (κ2) is 7.67. The van der Waals surface area contributed by atoms with E-state index in [2.05, 4.69) is 29.5 Å². The molecule has 28 heavy (non-hydrogen) atoms. The molecule has 10 heteroatoms. The van der Waals surface area contributed by atoms with Gasteiger partial charge in [0, 0.05) is 16.2 Å². The van der Waals surface area contributed by atoms with E-state index in [1.807, 2.05) is 41.8 Å². The molecule has 0 spiro atoms. The third-order valence-electron chi connectivity index (χ3n) is 3.76. The van der Waals surface area contributed by atoms with Crippen molar-refractivity contribution in [3.05, 3.63) is 79.7 Å². The molecular weight excluding hydrogens is 398 g/mol. The highest BCUT2D eigenvalue weighted by atomic mass is 32.2. The SMILES string of the molecule is [C-]#[N+]c1c(-c2cccs2)nc(SCc2cccc(-c3noc(=O)[nH]3)c2)[nH]c1=O. The molecule has 0 bridgehead atoms. The van der Waals surface area contributed by atoms with Gasteiger partial charge in [0.05, 0.1) is 12.3 Å². The Labute approximate surface area is 166 Å². The van der Waals surface area contributed by atoms with Gasteiger partial charge in [-0.25, -0.2) is 14.6 Å². The fourth-order valence-corrected chi connectivity index (χ4v) is 4.04. The molecule has 0 unspecified atom stereocenters. The number of thiophene rings is 1. The highest BCUT2D eigenvalue weighted by Gasteiger charge is 2.15. The Morgan fingerprint density at radius 2 is 2.11 bits per heavy atom. The summed E-state index contributed by atoms with van der Waals surface area (Å²) in [5.41, 5.74) is 1.59. The van der Waals surface area contributed by atoms with Gasteiger partial charge in [-0.1, -0.05) is 41.2 Å². The summed E-state index contributed by atoms with van der Waals surface area (Å²) < 4.78 is 4.53. The Hall–Kier alpha value is -3.42. The van der Waals surface area contributed by atoms with Crippen LogP contribution in [0, 0.1) is 6.57 Å². The number of hydrogen-bond donors (Lipinski definition) is 2. The van der Waals surface area contributed by atoms with Crippen molar-refractivity contribution in [2.45, 2.75) is 10.9 Å². The van der Waals surface area contributed by atoms with Gasteiger partial charge in [-0.15, -0.1) is 11.3 Å². The lowest BCUT2D eigenvalue weighted by molar-refractivity contribution is 0.388. The van der Waals surface area contributed by atoms with Gasteiger partial charge in [-0.2, -0.15) is 0 Å². The zero-order chi connectivity index (χ0) is 19.5. The molecule has 4 rings (SSSR count). The van der Waals surface area contributed by atoms with Crippen LogP contribution in [0.4, 0.5) is 5.69 Å². The topological polar surface area (TPSA) is 109 Å². The molecule has 4 aromatic rings. The van der Waals surface area contributed by atoms with Crippen molar-refractivity contribution in [1.29, 1.82) is 0 Å². The first kappa shape index (κ1) is 18.0. The number of aromatic nitrogens is 4. The van der Waals surface area contributed by atoms with Crippen molar-refractivity contribution >= 4 is 28.8 Å². The summed E-state index contributed by atoms with van der Waals surface area (Å²) in [4.78, 5) is 37.1. The second-order valence-corrected chi connectivity index (χ2v) is 7.50. The van der Waals surface area contributed by atoms with Crippen LogP contribution in [-0.2, 0) is 5.75 Å². The minimum Gasteiger partial charge on any atom is -0.311 e. The van der Waals surface area contributed by atoms with Gasteiger partial charge < -0.3 is 4.98 Å². The molecule has 0 fully saturated rings. The average molecular weight is 409 g/mol. The summed E-state index contributed by atoms with van der Waals surface area (Å²) in [6.07, 6.45) is 0. The van der Waals surface area contributed by atoms with Crippen molar-refractivity contribution in [3.8, 4) is 22.0 Å². The van der Waals surface area contributed by atoms with Crippen molar-refractivity contribution < 1.29 is 4.52 Å². The highest BCUT2D eigenvalue weighted by Crippen LogP contribution is 2.31. The maximum Gasteiger partial charge on any atom is 0.439 e. The van der Waals surface area contributed by atoms with Gasteiger partial charge in [-0.3, -0.25) is 14.3 Å². The molecule has 0 aliphatic heterocycles. The van der Waals surface area contributed by atoms with Gasteiger partial charge in [0.1, 0.15) is 0 Å². The molecule has 0 radical (unpaired) electrons. The van der Waals surface area contributed by atoms with Crippen LogP contribution >= 0.6 is 23.1 Å². The normalized spacial score (nSPS) is 10.7. The fourth-order valence-electron chi connectivity index (χ4n) is 2.52. The Bertz CT molecular complexity index is 1280. The number of nitrogens with one attached hydrogen (secondary N) is 2. The van der Waals surface area contributed by atoms with Crippen LogP contribution < -0.4 is 11.3 Å². The van der Waals surface area contributed by atoms with E-state index < -0.39 is 11.3 Å². The number of nitrogens with zero attached hydrogens (tertiary/aromatic N) is 3. The van der Waals surface area contributed by atoms with Crippen LogP contribution in [0.3, 0.4) is 0 Å². The number of benzene rings is 1. The first-order valence-corrected chi connectivity index (χ1v) is 9.84. The minimum atomic E-state index is -0.613. The number of H-pyrrole nitrogens is 2. The van der Waals surface area contributed by atoms with Crippen LogP contribution in [0.1, 0.15) is 5.56 Å². The molecule has 8 nitrogen and oxygen atoms in total. The van der Waals surface area contributed by atoms with Crippen molar-refractivity contribution in [2.24, 2.45) is 0 Å². The number of aromatic amines is 2. The number of thioether (sulfide) groups is 1. The summed E-state index contributed by atoms with van der Waals surface area (Å²) >= 11 is 2.77. The van der Waals surface area contributed by atoms with Crippen LogP contribution in [0.5, 0.6) is 0 Å². The summed E-state index contributed by atoms with van der Waals surface area (Å²) in [6, 6.07) is 11.1. The van der Waals surface area contributed by atoms with E-state index in [4.69, 9.17) is 6.57 Å². The molecule has 0 aliphatic rings. The molecule has 0 aliphatic carbocycles. The van der Waals surface area contributed by atoms with Crippen LogP contribution in [0.25, 0.3) is 26.8 Å². The minimum absolute atomic E-state index is 0.0104. The monoisotopic (exact) mass is 409 g/mol. The Morgan fingerprint density at radius 3 is 2.82 bits per heavy atom. The second-order valence-electron chi connectivity index (χ2n) is 5.59. The molecule has 3 aromatic heterocycles. The Morgan fingerprint density at radius 1 is 1.21 bits per heavy atom. The van der Waals surface area contributed by atoms with Gasteiger partial charge in [0.25, 0.3) is 11.2 Å². The first-order chi connectivity index (χ1) is 13.6. The molecule has 0 atom stereocenters. The largest absolute Gasteiger partial charge is 0.439 e. The maximum absolute atomic E-state index is 12.3. The Balaban J connectivity index is 1.60. The standard InChI is InChI=1S/C18H11N5O3S2/c1-19-14-13(12-6-3-7-27-12)20-17(22-16(14)24)28-9-10-4-2-5-11(8-10)15-21-18(25)26-23-15/h2-8H,9H2,(H,20,22,24)(H,21,23,25). The molecule has 2 N–H and O–H groups in total. The zero-order valence-corrected chi connectivity index (χ0v) is 15.8. The molecule has 0 saturated carbocycles. The van der Waals surface area contributed by atoms with Gasteiger partial charge in [0.2, 0.25) is 0 Å². The van der Waals surface area contributed by atoms with Gasteiger partial charge in [0.15, 0.2) is 11.0 Å². The lowest BCUT2D eigenvalue weighted by Gasteiger charge is -2.06. The molecule has 138 valence electrons. The average Bonchev–Trinajstić information content (AvgIpc) is 3.38. The van der Waals surface area contributed by atoms with E-state index in [9.17, 15) is 9.59 Å². The van der Waals surface area contributed by atoms with E-state index in [0.717, 1.165) is 10.4 Å². The lowest BCUT2D eigenvalue weighted by atomic mass is 10.1. The third kappa shape index (κ3) is 3.66. The number of hydrogen-bond acceptors (Lipinski definition) is 7. The van der Waals surface area contributed by atoms with Gasteiger partial charge in [-0.05, 0) is 23.1 Å². The predicted octanol–water partition coefficient (Wildman–Crippen LogP) is 3.68. The van der Waals surface area contributed by atoms with Crippen LogP contribution in [0.15, 0.2) is 61.0 Å². The van der Waals surface area contributed by atoms with E-state index in [-0.39, 0.29) is 5.69 Å². The first-order valence-electron chi connectivity index (χ1n) is 7.98. The summed E-state index contributed by atoms with van der Waals surface area (Å²) in [5.74, 6) is 0.266. The van der Waals surface area contributed by atoms with E-state index >= 15 is 0 Å². The van der Waals surface area contributed by atoms with Crippen LogP contribution in [0.2, 0.25) is 0 Å². The van der Waals surface area contributed by atoms with Crippen LogP contribution in [-0.4, -0.2) is 20.1 Å². The molecular formula is C18H11N5O3S2. The van der Waals surface area contributed by atoms with Crippen molar-refractivity contribution in [1.82, 2.24) is 20.1 Å². The molecule has 0 amide bonds. The molecule has 0 saturated heterocycles. The maximum atomic E-state index is 12.3. The van der Waals surface area contributed by atoms with Crippen molar-refractivity contribution in [2.75, 3.05) is 0 Å². The summed E-state index contributed by atoms with van der Waals surface area (Å²) in [7, 11) is 0. The lowest BCUT2D eigenvalue weighted by Crippen LogP contribution is -2.09. The fraction of sp³-hybridized carbons (Fsp3) is 0.0556. The van der Waals surface area contributed by atoms with Crippen molar-refractivity contribution in [3.63, 3.8) is 0 Å². The highest BCUT2D eigenvalue weighted by molar-refractivity contribution is 7.98. The van der Waals surface area contributed by atoms with E-state index in [1.54, 1.807) is 0 Å². The zero-order valence-electron chi connectivity index (χ0n) is 14.1. The number of rotatable bonds is 5. The Kier molecular flexibility index (Phi) is 4.92. The quantitative estimate of drug-likeness (QED) is 0.296. The van der Waals surface area contributed by atoms with E-state index in [0.29, 0.717) is 28.0 Å². The smallest absolute Gasteiger partial charge is 0.311 e. The molecule has 1 aromatic carbocycles. The summed E-state index contributed by atoms with van der Waals surface area (Å²) in [5, 5.41) is 5.98.